The third-order valence-corrected chi connectivity index (χ3v) is 4.39. The summed E-state index contributed by atoms with van der Waals surface area (Å²) >= 11 is 2.73. The van der Waals surface area contributed by atoms with E-state index in [1.165, 1.54) is 23.1 Å². The predicted molar refractivity (Wildman–Crippen MR) is 86.5 cm³/mol. The first-order valence-corrected chi connectivity index (χ1v) is 8.51. The van der Waals surface area contributed by atoms with Crippen molar-refractivity contribution in [2.45, 2.75) is 31.6 Å². The normalized spacial score (nSPS) is 10.9. The molecule has 0 aromatic carbocycles. The van der Waals surface area contributed by atoms with Crippen molar-refractivity contribution in [3.63, 3.8) is 0 Å². The third kappa shape index (κ3) is 4.31. The van der Waals surface area contributed by atoms with Crippen LogP contribution in [-0.4, -0.2) is 38.4 Å². The minimum atomic E-state index is -0.480. The molecule has 0 fully saturated rings. The smallest absolute Gasteiger partial charge is 0.237 e. The van der Waals surface area contributed by atoms with Gasteiger partial charge in [-0.3, -0.25) is 14.2 Å². The summed E-state index contributed by atoms with van der Waals surface area (Å²) in [6.07, 6.45) is 0. The van der Waals surface area contributed by atoms with Crippen LogP contribution in [0.2, 0.25) is 0 Å². The zero-order valence-electron chi connectivity index (χ0n) is 12.3. The molecule has 0 saturated carbocycles. The molecule has 22 heavy (non-hydrogen) atoms. The van der Waals surface area contributed by atoms with E-state index in [2.05, 4.69) is 15.5 Å². The van der Waals surface area contributed by atoms with Crippen LogP contribution in [0.15, 0.2) is 22.7 Å². The van der Waals surface area contributed by atoms with Gasteiger partial charge in [0.1, 0.15) is 6.54 Å². The number of carbonyl (C=O) groups excluding carboxylic acids is 2. The van der Waals surface area contributed by atoms with Gasteiger partial charge in [0, 0.05) is 6.04 Å². The number of amides is 2. The number of aromatic nitrogens is 3. The highest BCUT2D eigenvalue weighted by molar-refractivity contribution is 7.99. The number of nitrogens with one attached hydrogen (secondary N) is 1. The summed E-state index contributed by atoms with van der Waals surface area (Å²) < 4.78 is 1.64. The van der Waals surface area contributed by atoms with Crippen molar-refractivity contribution in [3.8, 4) is 10.7 Å². The maximum atomic E-state index is 11.7. The number of nitrogens with zero attached hydrogens (tertiary/aromatic N) is 3. The fraction of sp³-hybridized carbons (Fsp3) is 0.385. The van der Waals surface area contributed by atoms with Crippen LogP contribution in [0.1, 0.15) is 13.8 Å². The van der Waals surface area contributed by atoms with Gasteiger partial charge in [-0.05, 0) is 25.3 Å². The molecule has 7 nitrogen and oxygen atoms in total. The summed E-state index contributed by atoms with van der Waals surface area (Å²) in [5.41, 5.74) is 5.30. The predicted octanol–water partition coefficient (Wildman–Crippen LogP) is 1.11. The summed E-state index contributed by atoms with van der Waals surface area (Å²) in [6, 6.07) is 3.87. The summed E-state index contributed by atoms with van der Waals surface area (Å²) in [4.78, 5) is 23.9. The minimum absolute atomic E-state index is 0.0195. The molecule has 0 unspecified atom stereocenters. The van der Waals surface area contributed by atoms with Crippen molar-refractivity contribution < 1.29 is 9.59 Å². The topological polar surface area (TPSA) is 103 Å². The molecular formula is C13H17N5O2S2. The largest absolute Gasteiger partial charge is 0.368 e. The van der Waals surface area contributed by atoms with Crippen LogP contribution < -0.4 is 11.1 Å². The van der Waals surface area contributed by atoms with Gasteiger partial charge in [0.05, 0.1) is 10.6 Å². The SMILES string of the molecule is CC(C)NC(=O)CSc1nnc(-c2cccs2)n1CC(N)=O. The van der Waals surface area contributed by atoms with E-state index in [1.54, 1.807) is 4.57 Å². The average molecular weight is 339 g/mol. The molecule has 2 heterocycles. The lowest BCUT2D eigenvalue weighted by Gasteiger charge is -2.09. The van der Waals surface area contributed by atoms with E-state index in [-0.39, 0.29) is 24.2 Å². The standard InChI is InChI=1S/C13H17N5O2S2/c1-8(2)15-11(20)7-22-13-17-16-12(9-4-3-5-21-9)18(13)6-10(14)19/h3-5,8H,6-7H2,1-2H3,(H2,14,19)(H,15,20). The van der Waals surface area contributed by atoms with E-state index in [1.807, 2.05) is 31.4 Å². The van der Waals surface area contributed by atoms with Gasteiger partial charge >= 0.3 is 0 Å². The number of nitrogens with two attached hydrogens (primary N) is 1. The van der Waals surface area contributed by atoms with Crippen molar-refractivity contribution in [2.24, 2.45) is 5.73 Å². The maximum Gasteiger partial charge on any atom is 0.237 e. The maximum absolute atomic E-state index is 11.7. The molecule has 0 spiro atoms. The quantitative estimate of drug-likeness (QED) is 0.736. The molecule has 118 valence electrons. The fourth-order valence-corrected chi connectivity index (χ4v) is 3.24. The Morgan fingerprint density at radius 1 is 1.45 bits per heavy atom. The Balaban J connectivity index is 2.17. The van der Waals surface area contributed by atoms with Crippen molar-refractivity contribution in [1.29, 1.82) is 0 Å². The van der Waals surface area contributed by atoms with Crippen LogP contribution in [0.25, 0.3) is 10.7 Å². The molecule has 2 amide bonds. The number of primary amides is 1. The monoisotopic (exact) mass is 339 g/mol. The van der Waals surface area contributed by atoms with Gasteiger partial charge in [0.15, 0.2) is 11.0 Å². The molecule has 2 aromatic rings. The lowest BCUT2D eigenvalue weighted by Crippen LogP contribution is -2.31. The first-order valence-electron chi connectivity index (χ1n) is 6.65. The lowest BCUT2D eigenvalue weighted by molar-refractivity contribution is -0.119. The highest BCUT2D eigenvalue weighted by Gasteiger charge is 2.17. The van der Waals surface area contributed by atoms with Gasteiger partial charge < -0.3 is 11.1 Å². The molecule has 0 atom stereocenters. The fourth-order valence-electron chi connectivity index (χ4n) is 1.78. The van der Waals surface area contributed by atoms with Crippen LogP contribution in [0, 0.1) is 0 Å². The summed E-state index contributed by atoms with van der Waals surface area (Å²) in [5, 5.41) is 13.4. The zero-order chi connectivity index (χ0) is 16.1. The lowest BCUT2D eigenvalue weighted by atomic mass is 10.4. The minimum Gasteiger partial charge on any atom is -0.368 e. The van der Waals surface area contributed by atoms with Crippen LogP contribution in [-0.2, 0) is 16.1 Å². The van der Waals surface area contributed by atoms with Gasteiger partial charge in [-0.15, -0.1) is 21.5 Å². The van der Waals surface area contributed by atoms with Crippen molar-refractivity contribution in [3.05, 3.63) is 17.5 Å². The Morgan fingerprint density at radius 3 is 2.82 bits per heavy atom. The Labute approximate surface area is 136 Å². The van der Waals surface area contributed by atoms with E-state index < -0.39 is 5.91 Å². The number of rotatable bonds is 7. The molecule has 9 heteroatoms. The Kier molecular flexibility index (Phi) is 5.56. The van der Waals surface area contributed by atoms with E-state index in [4.69, 9.17) is 5.73 Å². The number of thioether (sulfide) groups is 1. The van der Waals surface area contributed by atoms with Crippen LogP contribution >= 0.6 is 23.1 Å². The Bertz CT molecular complexity index is 651. The van der Waals surface area contributed by atoms with Gasteiger partial charge in [-0.25, -0.2) is 0 Å². The molecular weight excluding hydrogens is 322 g/mol. The number of hydrogen-bond acceptors (Lipinski definition) is 6. The van der Waals surface area contributed by atoms with Crippen molar-refractivity contribution in [1.82, 2.24) is 20.1 Å². The van der Waals surface area contributed by atoms with E-state index in [0.29, 0.717) is 11.0 Å². The molecule has 0 bridgehead atoms. The number of hydrogen-bond donors (Lipinski definition) is 2. The number of thiophene rings is 1. The molecule has 3 N–H and O–H groups in total. The first kappa shape index (κ1) is 16.5. The second kappa shape index (κ2) is 7.41. The van der Waals surface area contributed by atoms with Gasteiger partial charge in [0.2, 0.25) is 11.8 Å². The summed E-state index contributed by atoms with van der Waals surface area (Å²) in [6.45, 7) is 3.77. The van der Waals surface area contributed by atoms with Gasteiger partial charge in [-0.1, -0.05) is 17.8 Å². The molecule has 0 saturated heterocycles. The third-order valence-electron chi connectivity index (χ3n) is 2.55. The highest BCUT2D eigenvalue weighted by Crippen LogP contribution is 2.27. The van der Waals surface area contributed by atoms with Crippen molar-refractivity contribution in [2.75, 3.05) is 5.75 Å². The Morgan fingerprint density at radius 2 is 2.23 bits per heavy atom. The number of carbonyl (C=O) groups is 2. The second-order valence-electron chi connectivity index (χ2n) is 4.85. The molecule has 2 aromatic heterocycles. The average Bonchev–Trinajstić information content (AvgIpc) is 3.04. The van der Waals surface area contributed by atoms with Crippen LogP contribution in [0.4, 0.5) is 0 Å². The summed E-state index contributed by atoms with van der Waals surface area (Å²) in [7, 11) is 0. The van der Waals surface area contributed by atoms with Crippen LogP contribution in [0.3, 0.4) is 0 Å². The zero-order valence-corrected chi connectivity index (χ0v) is 13.9. The highest BCUT2D eigenvalue weighted by atomic mass is 32.2. The molecule has 2 rings (SSSR count). The molecule has 0 radical (unpaired) electrons. The second-order valence-corrected chi connectivity index (χ2v) is 6.74. The van der Waals surface area contributed by atoms with Crippen molar-refractivity contribution >= 4 is 34.9 Å². The van der Waals surface area contributed by atoms with E-state index in [9.17, 15) is 9.59 Å². The molecule has 0 aliphatic carbocycles. The summed E-state index contributed by atoms with van der Waals surface area (Å²) in [5.74, 6) is 0.220. The van der Waals surface area contributed by atoms with E-state index >= 15 is 0 Å². The molecule has 0 aliphatic rings. The first-order chi connectivity index (χ1) is 10.5. The van der Waals surface area contributed by atoms with Gasteiger partial charge in [-0.2, -0.15) is 0 Å². The van der Waals surface area contributed by atoms with E-state index in [0.717, 1.165) is 4.88 Å². The van der Waals surface area contributed by atoms with Gasteiger partial charge in [0.25, 0.3) is 0 Å². The van der Waals surface area contributed by atoms with Crippen LogP contribution in [0.5, 0.6) is 0 Å². The Hall–Kier alpha value is -1.87. The molecule has 0 aliphatic heterocycles.